The highest BCUT2D eigenvalue weighted by atomic mass is 32.2. The van der Waals surface area contributed by atoms with Crippen molar-refractivity contribution in [3.63, 3.8) is 0 Å². The molecule has 1 N–H and O–H groups in total. The Morgan fingerprint density at radius 1 is 1.06 bits per heavy atom. The molecule has 5 rings (SSSR count). The number of aromatic nitrogens is 3. The van der Waals surface area contributed by atoms with E-state index in [0.29, 0.717) is 24.3 Å². The number of carbonyl (C=O) groups is 1. The number of para-hydroxylation sites is 1. The molecule has 0 spiro atoms. The molecule has 35 heavy (non-hydrogen) atoms. The van der Waals surface area contributed by atoms with E-state index in [1.807, 2.05) is 29.2 Å². The van der Waals surface area contributed by atoms with E-state index in [1.165, 1.54) is 16.7 Å². The predicted molar refractivity (Wildman–Crippen MR) is 127 cm³/mol. The molecule has 1 saturated heterocycles. The number of carbonyl (C=O) groups excluding carboxylic acids is 1. The standard InChI is InChI=1S/C24H21F3N4O3S/c25-24(26,27)34-16-10-8-15(9-11-16)31-22(33)21-20(17-6-2-3-7-18(17)28-21)29-23(31)35-14-19(32)30-12-4-1-5-13-30/h2-3,6-11,28H,1,4-5,12-14H2. The Kier molecular flexibility index (Phi) is 6.18. The lowest BCUT2D eigenvalue weighted by Gasteiger charge is -2.26. The van der Waals surface area contributed by atoms with E-state index in [-0.39, 0.29) is 22.3 Å². The lowest BCUT2D eigenvalue weighted by Crippen LogP contribution is -2.36. The molecule has 0 bridgehead atoms. The lowest BCUT2D eigenvalue weighted by atomic mass is 10.1. The summed E-state index contributed by atoms with van der Waals surface area (Å²) in [4.78, 5) is 35.9. The third kappa shape index (κ3) is 4.86. The summed E-state index contributed by atoms with van der Waals surface area (Å²) in [5, 5.41) is 1.05. The topological polar surface area (TPSA) is 80.2 Å². The Morgan fingerprint density at radius 2 is 1.77 bits per heavy atom. The smallest absolute Gasteiger partial charge is 0.406 e. The average Bonchev–Trinajstić information content (AvgIpc) is 3.22. The van der Waals surface area contributed by atoms with E-state index >= 15 is 0 Å². The second-order valence-corrected chi connectivity index (χ2v) is 9.14. The van der Waals surface area contributed by atoms with Crippen LogP contribution in [-0.4, -0.2) is 50.5 Å². The fourth-order valence-electron chi connectivity index (χ4n) is 4.22. The van der Waals surface area contributed by atoms with E-state index < -0.39 is 17.7 Å². The summed E-state index contributed by atoms with van der Waals surface area (Å²) >= 11 is 1.13. The monoisotopic (exact) mass is 502 g/mol. The molecule has 11 heteroatoms. The van der Waals surface area contributed by atoms with Crippen LogP contribution in [0.15, 0.2) is 58.5 Å². The minimum Gasteiger partial charge on any atom is -0.406 e. The number of H-pyrrole nitrogens is 1. The molecule has 0 saturated carbocycles. The summed E-state index contributed by atoms with van der Waals surface area (Å²) in [5.74, 6) is -0.345. The number of aromatic amines is 1. The molecule has 1 fully saturated rings. The van der Waals surface area contributed by atoms with Crippen LogP contribution in [0, 0.1) is 0 Å². The van der Waals surface area contributed by atoms with Crippen molar-refractivity contribution in [1.29, 1.82) is 0 Å². The number of alkyl halides is 3. The Labute approximate surface area is 201 Å². The highest BCUT2D eigenvalue weighted by molar-refractivity contribution is 7.99. The number of rotatable bonds is 5. The Bertz CT molecular complexity index is 1440. The van der Waals surface area contributed by atoms with Crippen LogP contribution >= 0.6 is 11.8 Å². The zero-order chi connectivity index (χ0) is 24.6. The molecule has 0 radical (unpaired) electrons. The summed E-state index contributed by atoms with van der Waals surface area (Å²) in [6, 6.07) is 12.3. The summed E-state index contributed by atoms with van der Waals surface area (Å²) in [6.07, 6.45) is -1.79. The van der Waals surface area contributed by atoms with E-state index in [1.54, 1.807) is 0 Å². The number of piperidine rings is 1. The number of amides is 1. The zero-order valence-electron chi connectivity index (χ0n) is 18.5. The van der Waals surface area contributed by atoms with Gasteiger partial charge in [0.05, 0.1) is 11.4 Å². The van der Waals surface area contributed by atoms with Gasteiger partial charge in [0.25, 0.3) is 5.56 Å². The molecule has 0 aliphatic carbocycles. The summed E-state index contributed by atoms with van der Waals surface area (Å²) in [6.45, 7) is 1.42. The zero-order valence-corrected chi connectivity index (χ0v) is 19.3. The van der Waals surface area contributed by atoms with Gasteiger partial charge in [-0.2, -0.15) is 0 Å². The van der Waals surface area contributed by atoms with Crippen LogP contribution in [0.2, 0.25) is 0 Å². The number of halogens is 3. The normalized spacial score (nSPS) is 14.5. The Morgan fingerprint density at radius 3 is 2.49 bits per heavy atom. The average molecular weight is 503 g/mol. The quantitative estimate of drug-likeness (QED) is 0.311. The first kappa shape index (κ1) is 23.3. The van der Waals surface area contributed by atoms with E-state index in [0.717, 1.165) is 54.1 Å². The molecule has 0 unspecified atom stereocenters. The first-order valence-corrected chi connectivity index (χ1v) is 12.1. The molecule has 4 aromatic rings. The van der Waals surface area contributed by atoms with Gasteiger partial charge >= 0.3 is 6.36 Å². The first-order chi connectivity index (χ1) is 16.8. The summed E-state index contributed by atoms with van der Waals surface area (Å²) in [7, 11) is 0. The number of hydrogen-bond acceptors (Lipinski definition) is 5. The van der Waals surface area contributed by atoms with Gasteiger partial charge in [-0.15, -0.1) is 13.2 Å². The number of fused-ring (bicyclic) bond motifs is 3. The van der Waals surface area contributed by atoms with E-state index in [9.17, 15) is 22.8 Å². The summed E-state index contributed by atoms with van der Waals surface area (Å²) < 4.78 is 43.0. The lowest BCUT2D eigenvalue weighted by molar-refractivity contribution is -0.274. The maximum Gasteiger partial charge on any atom is 0.573 e. The molecule has 2 aromatic carbocycles. The molecular weight excluding hydrogens is 481 g/mol. The van der Waals surface area contributed by atoms with Crippen molar-refractivity contribution in [2.24, 2.45) is 0 Å². The number of nitrogens with one attached hydrogen (secondary N) is 1. The predicted octanol–water partition coefficient (Wildman–Crippen LogP) is 4.87. The molecule has 7 nitrogen and oxygen atoms in total. The van der Waals surface area contributed by atoms with Crippen LogP contribution in [-0.2, 0) is 4.79 Å². The van der Waals surface area contributed by atoms with Gasteiger partial charge in [0.1, 0.15) is 16.8 Å². The molecule has 0 atom stereocenters. The number of thioether (sulfide) groups is 1. The molecule has 3 heterocycles. The van der Waals surface area contributed by atoms with Crippen molar-refractivity contribution in [2.75, 3.05) is 18.8 Å². The van der Waals surface area contributed by atoms with Crippen molar-refractivity contribution < 1.29 is 22.7 Å². The van der Waals surface area contributed by atoms with E-state index in [4.69, 9.17) is 4.98 Å². The fraction of sp³-hybridized carbons (Fsp3) is 0.292. The van der Waals surface area contributed by atoms with Crippen molar-refractivity contribution >= 4 is 39.6 Å². The van der Waals surface area contributed by atoms with Crippen molar-refractivity contribution in [2.45, 2.75) is 30.8 Å². The van der Waals surface area contributed by atoms with Crippen LogP contribution in [0.4, 0.5) is 13.2 Å². The van der Waals surface area contributed by atoms with Crippen molar-refractivity contribution in [3.8, 4) is 11.4 Å². The van der Waals surface area contributed by atoms with Crippen molar-refractivity contribution in [1.82, 2.24) is 19.4 Å². The highest BCUT2D eigenvalue weighted by Crippen LogP contribution is 2.28. The van der Waals surface area contributed by atoms with Crippen LogP contribution in [0.25, 0.3) is 27.6 Å². The molecule has 1 aliphatic heterocycles. The minimum absolute atomic E-state index is 0.0385. The molecule has 1 aliphatic rings. The molecule has 182 valence electrons. The number of ether oxygens (including phenoxy) is 1. The van der Waals surface area contributed by atoms with Crippen LogP contribution in [0.5, 0.6) is 5.75 Å². The van der Waals surface area contributed by atoms with Gasteiger partial charge in [-0.05, 0) is 49.6 Å². The van der Waals surface area contributed by atoms with Gasteiger partial charge < -0.3 is 14.6 Å². The Balaban J connectivity index is 1.56. The molecule has 1 amide bonds. The van der Waals surface area contributed by atoms with Gasteiger partial charge in [0.15, 0.2) is 5.16 Å². The fourth-order valence-corrected chi connectivity index (χ4v) is 5.13. The third-order valence-electron chi connectivity index (χ3n) is 5.86. The van der Waals surface area contributed by atoms with Crippen LogP contribution in [0.3, 0.4) is 0 Å². The minimum atomic E-state index is -4.82. The maximum atomic E-state index is 13.6. The number of benzene rings is 2. The van der Waals surface area contributed by atoms with Crippen LogP contribution < -0.4 is 10.3 Å². The molecule has 2 aromatic heterocycles. The number of likely N-dealkylation sites (tertiary alicyclic amines) is 1. The van der Waals surface area contributed by atoms with E-state index in [2.05, 4.69) is 9.72 Å². The molecular formula is C24H21F3N4O3S. The number of nitrogens with zero attached hydrogens (tertiary/aromatic N) is 3. The van der Waals surface area contributed by atoms with Gasteiger partial charge in [-0.1, -0.05) is 30.0 Å². The first-order valence-electron chi connectivity index (χ1n) is 11.1. The van der Waals surface area contributed by atoms with Gasteiger partial charge in [-0.25, -0.2) is 4.98 Å². The largest absolute Gasteiger partial charge is 0.573 e. The van der Waals surface area contributed by atoms with Crippen molar-refractivity contribution in [3.05, 3.63) is 58.9 Å². The van der Waals surface area contributed by atoms with Gasteiger partial charge in [0, 0.05) is 24.0 Å². The van der Waals surface area contributed by atoms with Gasteiger partial charge in [0.2, 0.25) is 5.91 Å². The summed E-state index contributed by atoms with van der Waals surface area (Å²) in [5.41, 5.74) is 1.38. The second kappa shape index (κ2) is 9.29. The second-order valence-electron chi connectivity index (χ2n) is 8.20. The maximum absolute atomic E-state index is 13.6. The highest BCUT2D eigenvalue weighted by Gasteiger charge is 2.31. The van der Waals surface area contributed by atoms with Gasteiger partial charge in [-0.3, -0.25) is 14.2 Å². The third-order valence-corrected chi connectivity index (χ3v) is 6.78. The number of hydrogen-bond donors (Lipinski definition) is 1. The Hall–Kier alpha value is -3.47. The SMILES string of the molecule is O=C(CSc1nc2c([nH]c3ccccc32)c(=O)n1-c1ccc(OC(F)(F)F)cc1)N1CCCCC1. The van der Waals surface area contributed by atoms with Crippen LogP contribution in [0.1, 0.15) is 19.3 Å².